The van der Waals surface area contributed by atoms with Crippen LogP contribution < -0.4 is 15.0 Å². The van der Waals surface area contributed by atoms with Gasteiger partial charge in [-0.2, -0.15) is 0 Å². The Kier molecular flexibility index (Phi) is 4.51. The molecule has 27 heavy (non-hydrogen) atoms. The molecule has 0 bridgehead atoms. The molecule has 0 spiro atoms. The number of nitrogens with one attached hydrogen (secondary N) is 1. The number of hydrogen-bond donors (Lipinski definition) is 2. The fraction of sp³-hybridized carbons (Fsp3) is 0.316. The molecule has 1 amide bonds. The van der Waals surface area contributed by atoms with E-state index in [-0.39, 0.29) is 18.3 Å². The van der Waals surface area contributed by atoms with Crippen molar-refractivity contribution in [2.75, 3.05) is 18.6 Å². The van der Waals surface area contributed by atoms with E-state index in [1.165, 1.54) is 4.90 Å². The summed E-state index contributed by atoms with van der Waals surface area (Å²) in [6, 6.07) is 12.3. The van der Waals surface area contributed by atoms with Gasteiger partial charge in [0.15, 0.2) is 17.7 Å². The molecule has 8 nitrogen and oxygen atoms in total. The predicted molar refractivity (Wildman–Crippen MR) is 99.6 cm³/mol. The van der Waals surface area contributed by atoms with E-state index in [0.717, 1.165) is 12.1 Å². The number of benzene rings is 1. The number of anilines is 1. The lowest BCUT2D eigenvalue weighted by Gasteiger charge is -2.21. The molecule has 1 aromatic carbocycles. The molecule has 0 fully saturated rings. The van der Waals surface area contributed by atoms with Crippen molar-refractivity contribution < 1.29 is 14.6 Å². The lowest BCUT2D eigenvalue weighted by atomic mass is 10.2. The molecule has 1 aliphatic rings. The van der Waals surface area contributed by atoms with Crippen LogP contribution in [0.15, 0.2) is 42.5 Å². The first-order chi connectivity index (χ1) is 13.1. The van der Waals surface area contributed by atoms with Crippen molar-refractivity contribution in [1.29, 1.82) is 0 Å². The van der Waals surface area contributed by atoms with E-state index in [1.807, 2.05) is 49.4 Å². The number of pyridine rings is 1. The minimum Gasteiger partial charge on any atom is -0.489 e. The number of nitrogens with zero attached hydrogens (tertiary/aromatic N) is 4. The van der Waals surface area contributed by atoms with Crippen LogP contribution in [0.2, 0.25) is 0 Å². The Balaban J connectivity index is 1.56. The van der Waals surface area contributed by atoms with E-state index in [0.29, 0.717) is 17.1 Å². The zero-order valence-corrected chi connectivity index (χ0v) is 15.2. The first-order valence-electron chi connectivity index (χ1n) is 8.86. The Morgan fingerprint density at radius 2 is 2.11 bits per heavy atom. The molecule has 3 heterocycles. The normalized spacial score (nSPS) is 18.1. The van der Waals surface area contributed by atoms with Crippen molar-refractivity contribution >= 4 is 17.2 Å². The lowest BCUT2D eigenvalue weighted by Crippen LogP contribution is -2.48. The zero-order chi connectivity index (χ0) is 19.0. The standard InChI is InChI=1S/C19H21N5O3/c1-3-12-7-6-10-16-21-17(22-24(12)16)18(25)20-13-11-27-15-9-5-4-8-14(15)23(2)19(13)26/h4-10,13,18,20,25H,3,11H2,1-2H3/t13-,18?/m0/s1. The number of para-hydroxylation sites is 2. The Morgan fingerprint density at radius 1 is 1.30 bits per heavy atom. The summed E-state index contributed by atoms with van der Waals surface area (Å²) < 4.78 is 7.45. The summed E-state index contributed by atoms with van der Waals surface area (Å²) in [7, 11) is 1.69. The lowest BCUT2D eigenvalue weighted by molar-refractivity contribution is -0.121. The molecular weight excluding hydrogens is 346 g/mol. The van der Waals surface area contributed by atoms with Gasteiger partial charge in [-0.25, -0.2) is 9.50 Å². The van der Waals surface area contributed by atoms with Crippen LogP contribution >= 0.6 is 0 Å². The largest absolute Gasteiger partial charge is 0.489 e. The molecule has 0 saturated carbocycles. The Labute approximate surface area is 156 Å². The van der Waals surface area contributed by atoms with Gasteiger partial charge in [0.05, 0.1) is 5.69 Å². The number of carbonyl (C=O) groups is 1. The molecule has 2 N–H and O–H groups in total. The molecule has 0 radical (unpaired) electrons. The molecule has 1 aliphatic heterocycles. The second-order valence-electron chi connectivity index (χ2n) is 6.41. The second kappa shape index (κ2) is 6.98. The highest BCUT2D eigenvalue weighted by atomic mass is 16.5. The van der Waals surface area contributed by atoms with Crippen LogP contribution in [0.4, 0.5) is 5.69 Å². The van der Waals surface area contributed by atoms with Crippen molar-refractivity contribution in [3.05, 3.63) is 54.0 Å². The Hall–Kier alpha value is -2.97. The van der Waals surface area contributed by atoms with Gasteiger partial charge in [-0.3, -0.25) is 10.1 Å². The number of amides is 1. The van der Waals surface area contributed by atoms with Crippen molar-refractivity contribution in [2.45, 2.75) is 25.6 Å². The van der Waals surface area contributed by atoms with E-state index in [9.17, 15) is 9.90 Å². The molecule has 0 aliphatic carbocycles. The smallest absolute Gasteiger partial charge is 0.247 e. The van der Waals surface area contributed by atoms with Crippen LogP contribution in [0.25, 0.3) is 5.65 Å². The number of ether oxygens (including phenoxy) is 1. The zero-order valence-electron chi connectivity index (χ0n) is 15.2. The van der Waals surface area contributed by atoms with Crippen LogP contribution in [0.3, 0.4) is 0 Å². The molecule has 1 unspecified atom stereocenters. The molecule has 3 aromatic rings. The van der Waals surface area contributed by atoms with Crippen LogP contribution in [0.1, 0.15) is 24.7 Å². The molecule has 2 atom stereocenters. The summed E-state index contributed by atoms with van der Waals surface area (Å²) in [6.07, 6.45) is -0.399. The van der Waals surface area contributed by atoms with Gasteiger partial charge in [0.25, 0.3) is 0 Å². The van der Waals surface area contributed by atoms with Gasteiger partial charge >= 0.3 is 0 Å². The molecule has 2 aromatic heterocycles. The van der Waals surface area contributed by atoms with Crippen LogP contribution in [-0.2, 0) is 11.2 Å². The van der Waals surface area contributed by atoms with Gasteiger partial charge in [0.2, 0.25) is 5.91 Å². The minimum absolute atomic E-state index is 0.102. The van der Waals surface area contributed by atoms with E-state index in [2.05, 4.69) is 15.4 Å². The van der Waals surface area contributed by atoms with Gasteiger partial charge in [0.1, 0.15) is 18.4 Å². The van der Waals surface area contributed by atoms with Gasteiger partial charge in [-0.05, 0) is 30.7 Å². The first kappa shape index (κ1) is 17.4. The number of aliphatic hydroxyl groups is 1. The van der Waals surface area contributed by atoms with Crippen LogP contribution in [-0.4, -0.2) is 45.3 Å². The molecular formula is C19H21N5O3. The van der Waals surface area contributed by atoms with E-state index in [1.54, 1.807) is 11.6 Å². The predicted octanol–water partition coefficient (Wildman–Crippen LogP) is 1.30. The quantitative estimate of drug-likeness (QED) is 0.676. The number of likely N-dealkylation sites (N-methyl/N-ethyl adjacent to an activating group) is 1. The summed E-state index contributed by atoms with van der Waals surface area (Å²) in [5.74, 6) is 0.649. The summed E-state index contributed by atoms with van der Waals surface area (Å²) in [6.45, 7) is 2.13. The highest BCUT2D eigenvalue weighted by molar-refractivity contribution is 5.98. The molecule has 140 valence electrons. The minimum atomic E-state index is -1.19. The highest BCUT2D eigenvalue weighted by Gasteiger charge is 2.31. The third kappa shape index (κ3) is 3.13. The van der Waals surface area contributed by atoms with E-state index >= 15 is 0 Å². The summed E-state index contributed by atoms with van der Waals surface area (Å²) in [5, 5.41) is 17.8. The monoisotopic (exact) mass is 367 g/mol. The SMILES string of the molecule is CCc1cccc2nc(C(O)N[C@H]3COc4ccccc4N(C)C3=O)nn12. The van der Waals surface area contributed by atoms with Crippen molar-refractivity contribution in [3.63, 3.8) is 0 Å². The number of fused-ring (bicyclic) bond motifs is 2. The number of aryl methyl sites for hydroxylation is 1. The first-order valence-corrected chi connectivity index (χ1v) is 8.86. The van der Waals surface area contributed by atoms with Crippen molar-refractivity contribution in [2.24, 2.45) is 0 Å². The summed E-state index contributed by atoms with van der Waals surface area (Å²) >= 11 is 0. The molecule has 8 heteroatoms. The average molecular weight is 367 g/mol. The molecule has 4 rings (SSSR count). The van der Waals surface area contributed by atoms with Crippen molar-refractivity contribution in [3.8, 4) is 5.75 Å². The van der Waals surface area contributed by atoms with E-state index < -0.39 is 12.3 Å². The highest BCUT2D eigenvalue weighted by Crippen LogP contribution is 2.30. The number of rotatable bonds is 4. The Morgan fingerprint density at radius 3 is 2.93 bits per heavy atom. The fourth-order valence-electron chi connectivity index (χ4n) is 3.20. The van der Waals surface area contributed by atoms with E-state index in [4.69, 9.17) is 4.74 Å². The maximum Gasteiger partial charge on any atom is 0.247 e. The van der Waals surface area contributed by atoms with Gasteiger partial charge < -0.3 is 14.7 Å². The van der Waals surface area contributed by atoms with Gasteiger partial charge in [0, 0.05) is 12.7 Å². The summed E-state index contributed by atoms with van der Waals surface area (Å²) in [5.41, 5.74) is 2.33. The van der Waals surface area contributed by atoms with Crippen LogP contribution in [0, 0.1) is 0 Å². The van der Waals surface area contributed by atoms with Crippen molar-refractivity contribution in [1.82, 2.24) is 19.9 Å². The number of aliphatic hydroxyl groups excluding tert-OH is 1. The van der Waals surface area contributed by atoms with Gasteiger partial charge in [-0.15, -0.1) is 5.10 Å². The fourth-order valence-corrected chi connectivity index (χ4v) is 3.20. The topological polar surface area (TPSA) is 92.0 Å². The third-order valence-corrected chi connectivity index (χ3v) is 4.68. The summed E-state index contributed by atoms with van der Waals surface area (Å²) in [4.78, 5) is 18.7. The number of carbonyl (C=O) groups excluding carboxylic acids is 1. The number of aromatic nitrogens is 3. The average Bonchev–Trinajstić information content (AvgIpc) is 3.10. The van der Waals surface area contributed by atoms with Gasteiger partial charge in [-0.1, -0.05) is 25.1 Å². The van der Waals surface area contributed by atoms with Crippen LogP contribution in [0.5, 0.6) is 5.75 Å². The second-order valence-corrected chi connectivity index (χ2v) is 6.41. The maximum absolute atomic E-state index is 12.8. The molecule has 0 saturated heterocycles. The number of hydrogen-bond acceptors (Lipinski definition) is 6. The maximum atomic E-state index is 12.8. The third-order valence-electron chi connectivity index (χ3n) is 4.68. The Bertz CT molecular complexity index is 986.